The molecule has 176 valence electrons. The Kier molecular flexibility index (Phi) is 6.85. The van der Waals surface area contributed by atoms with E-state index in [0.29, 0.717) is 11.3 Å². The van der Waals surface area contributed by atoms with Crippen molar-refractivity contribution in [2.24, 2.45) is 5.10 Å². The van der Waals surface area contributed by atoms with Crippen molar-refractivity contribution < 1.29 is 24.0 Å². The Morgan fingerprint density at radius 1 is 1.14 bits per heavy atom. The molecule has 1 fully saturated rings. The number of hydrazone groups is 1. The summed E-state index contributed by atoms with van der Waals surface area (Å²) in [6.45, 7) is 1.70. The largest absolute Gasteiger partial charge is 0.461 e. The standard InChI is InChI=1S/C23H16N4O6S2/c1-2-33-22(30)19-17(20(28)26(24-19)15-6-4-3-5-7-15)13-25-21(29)18(35-23(25)34)12-14-8-10-16(11-9-14)27(31)32/h3-13H,2H2,1H3/b17-13+,18-12+. The number of carbonyl (C=O) groups excluding carboxylic acids is 3. The monoisotopic (exact) mass is 508 g/mol. The van der Waals surface area contributed by atoms with Crippen LogP contribution in [-0.4, -0.2) is 44.2 Å². The summed E-state index contributed by atoms with van der Waals surface area (Å²) in [4.78, 5) is 50.4. The molecule has 0 N–H and O–H groups in total. The third-order valence-electron chi connectivity index (χ3n) is 4.83. The van der Waals surface area contributed by atoms with Crippen LogP contribution in [0.4, 0.5) is 11.4 Å². The summed E-state index contributed by atoms with van der Waals surface area (Å²) in [5, 5.41) is 16.0. The number of hydrogen-bond donors (Lipinski definition) is 0. The highest BCUT2D eigenvalue weighted by Crippen LogP contribution is 2.34. The first-order valence-electron chi connectivity index (χ1n) is 10.2. The number of nitro groups is 1. The van der Waals surface area contributed by atoms with Crippen molar-refractivity contribution in [1.29, 1.82) is 0 Å². The van der Waals surface area contributed by atoms with Gasteiger partial charge in [-0.15, -0.1) is 0 Å². The van der Waals surface area contributed by atoms with Crippen LogP contribution in [0.2, 0.25) is 0 Å². The van der Waals surface area contributed by atoms with Gasteiger partial charge in [0.2, 0.25) is 0 Å². The highest BCUT2D eigenvalue weighted by molar-refractivity contribution is 8.26. The molecule has 2 aromatic carbocycles. The van der Waals surface area contributed by atoms with Gasteiger partial charge in [-0.3, -0.25) is 24.6 Å². The zero-order valence-electron chi connectivity index (χ0n) is 18.1. The second-order valence-corrected chi connectivity index (χ2v) is 8.74. The van der Waals surface area contributed by atoms with Crippen LogP contribution >= 0.6 is 24.0 Å². The fraction of sp³-hybridized carbons (Fsp3) is 0.0870. The van der Waals surface area contributed by atoms with Gasteiger partial charge in [-0.05, 0) is 42.8 Å². The van der Waals surface area contributed by atoms with Gasteiger partial charge in [0, 0.05) is 18.3 Å². The lowest BCUT2D eigenvalue weighted by molar-refractivity contribution is -0.384. The van der Waals surface area contributed by atoms with Crippen molar-refractivity contribution in [2.45, 2.75) is 6.92 Å². The summed E-state index contributed by atoms with van der Waals surface area (Å²) < 4.78 is 5.19. The van der Waals surface area contributed by atoms with Gasteiger partial charge in [-0.2, -0.15) is 10.1 Å². The number of anilines is 1. The van der Waals surface area contributed by atoms with Crippen LogP contribution in [-0.2, 0) is 19.1 Å². The number of thioether (sulfide) groups is 1. The molecule has 2 aromatic rings. The highest BCUT2D eigenvalue weighted by Gasteiger charge is 2.39. The number of nitro benzene ring substituents is 1. The molecule has 0 saturated carbocycles. The van der Waals surface area contributed by atoms with Crippen LogP contribution < -0.4 is 5.01 Å². The molecule has 35 heavy (non-hydrogen) atoms. The molecule has 0 aromatic heterocycles. The fourth-order valence-corrected chi connectivity index (χ4v) is 4.40. The lowest BCUT2D eigenvalue weighted by atomic mass is 10.1. The first-order valence-corrected chi connectivity index (χ1v) is 11.4. The van der Waals surface area contributed by atoms with Crippen LogP contribution in [0.15, 0.2) is 76.4 Å². The van der Waals surface area contributed by atoms with Gasteiger partial charge in [-0.1, -0.05) is 42.2 Å². The molecular formula is C23H16N4O6S2. The number of ether oxygens (including phenoxy) is 1. The summed E-state index contributed by atoms with van der Waals surface area (Å²) in [5.74, 6) is -1.94. The van der Waals surface area contributed by atoms with Crippen LogP contribution in [0.1, 0.15) is 12.5 Å². The Labute approximate surface area is 208 Å². The maximum Gasteiger partial charge on any atom is 0.359 e. The van der Waals surface area contributed by atoms with Gasteiger partial charge in [0.05, 0.1) is 27.7 Å². The van der Waals surface area contributed by atoms with Gasteiger partial charge in [-0.25, -0.2) is 4.79 Å². The van der Waals surface area contributed by atoms with Gasteiger partial charge in [0.1, 0.15) is 0 Å². The van der Waals surface area contributed by atoms with Gasteiger partial charge >= 0.3 is 5.97 Å². The van der Waals surface area contributed by atoms with Crippen LogP contribution in [0.5, 0.6) is 0 Å². The van der Waals surface area contributed by atoms with E-state index in [1.54, 1.807) is 37.3 Å². The average Bonchev–Trinajstić information content (AvgIpc) is 3.31. The molecule has 2 amide bonds. The van der Waals surface area contributed by atoms with Gasteiger partial charge in [0.25, 0.3) is 17.5 Å². The zero-order chi connectivity index (χ0) is 25.1. The maximum atomic E-state index is 13.2. The Bertz CT molecular complexity index is 1340. The van der Waals surface area contributed by atoms with E-state index in [0.717, 1.165) is 21.7 Å². The number of nitrogens with zero attached hydrogens (tertiary/aromatic N) is 4. The number of esters is 1. The summed E-state index contributed by atoms with van der Waals surface area (Å²) in [7, 11) is 0. The number of non-ortho nitro benzene ring substituents is 1. The molecule has 1 saturated heterocycles. The second-order valence-electron chi connectivity index (χ2n) is 7.06. The van der Waals surface area contributed by atoms with E-state index < -0.39 is 22.7 Å². The quantitative estimate of drug-likeness (QED) is 0.191. The van der Waals surface area contributed by atoms with E-state index >= 15 is 0 Å². The van der Waals surface area contributed by atoms with Crippen LogP contribution in [0.3, 0.4) is 0 Å². The number of thiocarbonyl (C=S) groups is 1. The molecule has 2 aliphatic rings. The topological polar surface area (TPSA) is 122 Å². The highest BCUT2D eigenvalue weighted by atomic mass is 32.2. The SMILES string of the molecule is CCOC(=O)C1=NN(c2ccccc2)C(=O)/C1=C/N1C(=O)/C(=C\c2ccc([N+](=O)[O-])cc2)SC1=S. The number of carbonyl (C=O) groups is 3. The molecule has 2 aliphatic heterocycles. The number of amides is 2. The average molecular weight is 509 g/mol. The molecule has 4 rings (SSSR count). The minimum atomic E-state index is -0.808. The third kappa shape index (κ3) is 4.88. The molecule has 0 aliphatic carbocycles. The molecule has 0 atom stereocenters. The molecular weight excluding hydrogens is 492 g/mol. The summed E-state index contributed by atoms with van der Waals surface area (Å²) in [6.07, 6.45) is 2.73. The summed E-state index contributed by atoms with van der Waals surface area (Å²) >= 11 is 6.33. The smallest absolute Gasteiger partial charge is 0.359 e. The van der Waals surface area contributed by atoms with Crippen LogP contribution in [0.25, 0.3) is 6.08 Å². The minimum Gasteiger partial charge on any atom is -0.461 e. The van der Waals surface area contributed by atoms with E-state index in [4.69, 9.17) is 17.0 Å². The van der Waals surface area contributed by atoms with Crippen molar-refractivity contribution in [2.75, 3.05) is 11.6 Å². The molecule has 0 spiro atoms. The Hall–Kier alpha value is -4.16. The normalized spacial score (nSPS) is 18.0. The number of para-hydroxylation sites is 1. The number of benzene rings is 2. The van der Waals surface area contributed by atoms with E-state index in [1.165, 1.54) is 36.5 Å². The predicted octanol–water partition coefficient (Wildman–Crippen LogP) is 3.65. The van der Waals surface area contributed by atoms with Crippen LogP contribution in [0, 0.1) is 10.1 Å². The molecule has 0 radical (unpaired) electrons. The molecule has 0 bridgehead atoms. The lowest BCUT2D eigenvalue weighted by Gasteiger charge is -2.12. The molecule has 10 nitrogen and oxygen atoms in total. The van der Waals surface area contributed by atoms with Crippen molar-refractivity contribution in [3.8, 4) is 0 Å². The first-order chi connectivity index (χ1) is 16.8. The number of hydrogen-bond acceptors (Lipinski definition) is 9. The van der Waals surface area contributed by atoms with Gasteiger partial charge < -0.3 is 4.74 Å². The van der Waals surface area contributed by atoms with Crippen molar-refractivity contribution in [3.05, 3.63) is 87.0 Å². The summed E-state index contributed by atoms with van der Waals surface area (Å²) in [6, 6.07) is 14.2. The predicted molar refractivity (Wildman–Crippen MR) is 134 cm³/mol. The van der Waals surface area contributed by atoms with E-state index in [2.05, 4.69) is 5.10 Å². The maximum absolute atomic E-state index is 13.2. The van der Waals surface area contributed by atoms with Crippen molar-refractivity contribution >= 4 is 69.2 Å². The Morgan fingerprint density at radius 2 is 1.83 bits per heavy atom. The molecule has 12 heteroatoms. The van der Waals surface area contributed by atoms with E-state index in [1.807, 2.05) is 0 Å². The first kappa shape index (κ1) is 24.0. The number of rotatable bonds is 6. The second kappa shape index (κ2) is 9.99. The lowest BCUT2D eigenvalue weighted by Crippen LogP contribution is -2.28. The molecule has 2 heterocycles. The fourth-order valence-electron chi connectivity index (χ4n) is 3.19. The third-order valence-corrected chi connectivity index (χ3v) is 6.16. The van der Waals surface area contributed by atoms with Crippen molar-refractivity contribution in [1.82, 2.24) is 4.90 Å². The Balaban J connectivity index is 1.66. The molecule has 0 unspecified atom stereocenters. The Morgan fingerprint density at radius 3 is 2.46 bits per heavy atom. The van der Waals surface area contributed by atoms with E-state index in [9.17, 15) is 24.5 Å². The van der Waals surface area contributed by atoms with E-state index in [-0.39, 0.29) is 32.8 Å². The summed E-state index contributed by atoms with van der Waals surface area (Å²) in [5.41, 5.74) is 0.540. The van der Waals surface area contributed by atoms with Gasteiger partial charge in [0.15, 0.2) is 10.0 Å². The zero-order valence-corrected chi connectivity index (χ0v) is 19.7. The van der Waals surface area contributed by atoms with Crippen molar-refractivity contribution in [3.63, 3.8) is 0 Å². The minimum absolute atomic E-state index is 0.0731.